The number of rotatable bonds is 5. The first-order valence-electron chi connectivity index (χ1n) is 9.60. The van der Waals surface area contributed by atoms with Crippen molar-refractivity contribution < 1.29 is 13.6 Å². The Balaban J connectivity index is 1.77. The van der Waals surface area contributed by atoms with Gasteiger partial charge < -0.3 is 9.88 Å². The van der Waals surface area contributed by atoms with Crippen molar-refractivity contribution in [3.8, 4) is 16.9 Å². The highest BCUT2D eigenvalue weighted by atomic mass is 19.1. The SMILES string of the molecule is Cc1c(C(=O)NCc2ccccc2)cc(-c2ccccc2)n1-c1ccc(F)cc1F. The van der Waals surface area contributed by atoms with Gasteiger partial charge in [-0.05, 0) is 36.2 Å². The zero-order chi connectivity index (χ0) is 21.1. The van der Waals surface area contributed by atoms with Crippen LogP contribution in [0.5, 0.6) is 0 Å². The molecule has 1 amide bonds. The van der Waals surface area contributed by atoms with Gasteiger partial charge in [0.05, 0.1) is 16.9 Å². The number of halogens is 2. The molecule has 0 saturated heterocycles. The molecule has 4 rings (SSSR count). The average molecular weight is 402 g/mol. The number of amides is 1. The van der Waals surface area contributed by atoms with E-state index in [9.17, 15) is 13.6 Å². The van der Waals surface area contributed by atoms with Gasteiger partial charge in [-0.3, -0.25) is 4.79 Å². The van der Waals surface area contributed by atoms with Gasteiger partial charge >= 0.3 is 0 Å². The maximum absolute atomic E-state index is 14.6. The first-order valence-corrected chi connectivity index (χ1v) is 9.60. The van der Waals surface area contributed by atoms with E-state index < -0.39 is 11.6 Å². The number of carbonyl (C=O) groups excluding carboxylic acids is 1. The second kappa shape index (κ2) is 8.33. The van der Waals surface area contributed by atoms with Crippen molar-refractivity contribution in [1.29, 1.82) is 0 Å². The van der Waals surface area contributed by atoms with Gasteiger partial charge in [0.1, 0.15) is 11.6 Å². The van der Waals surface area contributed by atoms with Gasteiger partial charge in [0.15, 0.2) is 0 Å². The van der Waals surface area contributed by atoms with Crippen LogP contribution in [0.3, 0.4) is 0 Å². The summed E-state index contributed by atoms with van der Waals surface area (Å²) < 4.78 is 29.8. The molecule has 0 spiro atoms. The zero-order valence-electron chi connectivity index (χ0n) is 16.4. The summed E-state index contributed by atoms with van der Waals surface area (Å²) in [5.74, 6) is -1.60. The maximum Gasteiger partial charge on any atom is 0.253 e. The highest BCUT2D eigenvalue weighted by Crippen LogP contribution is 2.31. The fourth-order valence-electron chi connectivity index (χ4n) is 3.50. The second-order valence-corrected chi connectivity index (χ2v) is 6.99. The molecule has 4 aromatic rings. The van der Waals surface area contributed by atoms with E-state index >= 15 is 0 Å². The summed E-state index contributed by atoms with van der Waals surface area (Å²) in [6.07, 6.45) is 0. The molecule has 3 nitrogen and oxygen atoms in total. The van der Waals surface area contributed by atoms with E-state index in [0.717, 1.165) is 17.2 Å². The number of benzene rings is 3. The van der Waals surface area contributed by atoms with Gasteiger partial charge in [-0.15, -0.1) is 0 Å². The minimum atomic E-state index is -0.692. The van der Waals surface area contributed by atoms with Crippen LogP contribution in [-0.4, -0.2) is 10.5 Å². The normalized spacial score (nSPS) is 10.8. The van der Waals surface area contributed by atoms with Crippen LogP contribution >= 0.6 is 0 Å². The highest BCUT2D eigenvalue weighted by molar-refractivity contribution is 5.97. The monoisotopic (exact) mass is 402 g/mol. The zero-order valence-corrected chi connectivity index (χ0v) is 16.4. The van der Waals surface area contributed by atoms with E-state index in [0.29, 0.717) is 23.5 Å². The molecule has 3 aromatic carbocycles. The first-order chi connectivity index (χ1) is 14.5. The summed E-state index contributed by atoms with van der Waals surface area (Å²) in [5.41, 5.74) is 3.67. The summed E-state index contributed by atoms with van der Waals surface area (Å²) in [5, 5.41) is 2.92. The van der Waals surface area contributed by atoms with Gasteiger partial charge in [0.2, 0.25) is 0 Å². The van der Waals surface area contributed by atoms with Crippen LogP contribution in [0.4, 0.5) is 8.78 Å². The number of hydrogen-bond donors (Lipinski definition) is 1. The van der Waals surface area contributed by atoms with E-state index in [1.807, 2.05) is 60.7 Å². The van der Waals surface area contributed by atoms with Gasteiger partial charge in [-0.1, -0.05) is 60.7 Å². The molecule has 0 unspecified atom stereocenters. The number of hydrogen-bond acceptors (Lipinski definition) is 1. The predicted molar refractivity (Wildman–Crippen MR) is 113 cm³/mol. The smallest absolute Gasteiger partial charge is 0.253 e. The van der Waals surface area contributed by atoms with Crippen LogP contribution in [-0.2, 0) is 6.54 Å². The fourth-order valence-corrected chi connectivity index (χ4v) is 3.50. The molecule has 0 fully saturated rings. The van der Waals surface area contributed by atoms with Gasteiger partial charge in [-0.25, -0.2) is 8.78 Å². The van der Waals surface area contributed by atoms with E-state index in [4.69, 9.17) is 0 Å². The van der Waals surface area contributed by atoms with Crippen molar-refractivity contribution in [3.05, 3.63) is 113 Å². The Kier molecular flexibility index (Phi) is 5.44. The summed E-state index contributed by atoms with van der Waals surface area (Å²) in [7, 11) is 0. The number of nitrogens with one attached hydrogen (secondary N) is 1. The van der Waals surface area contributed by atoms with Crippen molar-refractivity contribution in [1.82, 2.24) is 9.88 Å². The molecular formula is C25H20F2N2O. The van der Waals surface area contributed by atoms with Crippen LogP contribution in [0.1, 0.15) is 21.6 Å². The van der Waals surface area contributed by atoms with Crippen molar-refractivity contribution in [2.75, 3.05) is 0 Å². The van der Waals surface area contributed by atoms with Gasteiger partial charge in [0, 0.05) is 18.3 Å². The molecule has 0 aliphatic heterocycles. The maximum atomic E-state index is 14.6. The summed E-state index contributed by atoms with van der Waals surface area (Å²) in [6, 6.07) is 24.2. The third-order valence-electron chi connectivity index (χ3n) is 5.01. The third-order valence-corrected chi connectivity index (χ3v) is 5.01. The predicted octanol–water partition coefficient (Wildman–Crippen LogP) is 5.66. The number of carbonyl (C=O) groups is 1. The van der Waals surface area contributed by atoms with Crippen LogP contribution < -0.4 is 5.32 Å². The Morgan fingerprint density at radius 2 is 1.57 bits per heavy atom. The van der Waals surface area contributed by atoms with Crippen LogP contribution in [0.2, 0.25) is 0 Å². The van der Waals surface area contributed by atoms with E-state index in [1.165, 1.54) is 12.1 Å². The van der Waals surface area contributed by atoms with Crippen molar-refractivity contribution in [3.63, 3.8) is 0 Å². The Labute approximate surface area is 173 Å². The first kappa shape index (κ1) is 19.6. The largest absolute Gasteiger partial charge is 0.348 e. The summed E-state index contributed by atoms with van der Waals surface area (Å²) in [4.78, 5) is 12.9. The molecule has 1 N–H and O–H groups in total. The lowest BCUT2D eigenvalue weighted by molar-refractivity contribution is 0.0950. The molecular weight excluding hydrogens is 382 g/mol. The fraction of sp³-hybridized carbons (Fsp3) is 0.0800. The molecule has 5 heteroatoms. The quantitative estimate of drug-likeness (QED) is 0.459. The standard InChI is InChI=1S/C25H20F2N2O/c1-17-21(25(30)28-16-18-8-4-2-5-9-18)15-24(19-10-6-3-7-11-19)29(17)23-13-12-20(26)14-22(23)27/h2-15H,16H2,1H3,(H,28,30). The van der Waals surface area contributed by atoms with E-state index in [1.54, 1.807) is 17.6 Å². The lowest BCUT2D eigenvalue weighted by Gasteiger charge is -2.13. The highest BCUT2D eigenvalue weighted by Gasteiger charge is 2.21. The lowest BCUT2D eigenvalue weighted by Crippen LogP contribution is -2.23. The lowest BCUT2D eigenvalue weighted by atomic mass is 10.1. The Morgan fingerprint density at radius 1 is 0.900 bits per heavy atom. The molecule has 0 aliphatic carbocycles. The molecule has 1 aromatic heterocycles. The molecule has 0 radical (unpaired) electrons. The Morgan fingerprint density at radius 3 is 2.23 bits per heavy atom. The van der Waals surface area contributed by atoms with Crippen molar-refractivity contribution >= 4 is 5.91 Å². The molecule has 1 heterocycles. The van der Waals surface area contributed by atoms with Crippen LogP contribution in [0.15, 0.2) is 84.9 Å². The molecule has 0 aliphatic rings. The van der Waals surface area contributed by atoms with Gasteiger partial charge in [-0.2, -0.15) is 0 Å². The van der Waals surface area contributed by atoms with E-state index in [-0.39, 0.29) is 11.6 Å². The van der Waals surface area contributed by atoms with Crippen LogP contribution in [0.25, 0.3) is 16.9 Å². The summed E-state index contributed by atoms with van der Waals surface area (Å²) in [6.45, 7) is 2.14. The molecule has 0 bridgehead atoms. The topological polar surface area (TPSA) is 34.0 Å². The molecule has 30 heavy (non-hydrogen) atoms. The number of nitrogens with zero attached hydrogens (tertiary/aromatic N) is 1. The minimum absolute atomic E-state index is 0.190. The van der Waals surface area contributed by atoms with Crippen LogP contribution in [0, 0.1) is 18.6 Å². The minimum Gasteiger partial charge on any atom is -0.348 e. The Bertz CT molecular complexity index is 1180. The van der Waals surface area contributed by atoms with Crippen molar-refractivity contribution in [2.24, 2.45) is 0 Å². The molecule has 0 atom stereocenters. The molecule has 150 valence electrons. The second-order valence-electron chi connectivity index (χ2n) is 6.99. The Hall–Kier alpha value is -3.73. The number of aromatic nitrogens is 1. The average Bonchev–Trinajstić information content (AvgIpc) is 3.10. The van der Waals surface area contributed by atoms with Crippen molar-refractivity contribution in [2.45, 2.75) is 13.5 Å². The van der Waals surface area contributed by atoms with Gasteiger partial charge in [0.25, 0.3) is 5.91 Å². The third kappa shape index (κ3) is 3.87. The summed E-state index contributed by atoms with van der Waals surface area (Å²) >= 11 is 0. The van der Waals surface area contributed by atoms with E-state index in [2.05, 4.69) is 5.32 Å². The molecule has 0 saturated carbocycles.